The van der Waals surface area contributed by atoms with E-state index in [-0.39, 0.29) is 17.9 Å². The average molecular weight is 298 g/mol. The molecular weight excluding hydrogens is 280 g/mol. The van der Waals surface area contributed by atoms with E-state index < -0.39 is 5.97 Å². The number of carbonyl (C=O) groups excluding carboxylic acids is 1. The molecule has 6 nitrogen and oxygen atoms in total. The van der Waals surface area contributed by atoms with Crippen molar-refractivity contribution in [2.24, 2.45) is 5.92 Å². The predicted molar refractivity (Wildman–Crippen MR) is 73.8 cm³/mol. The second kappa shape index (κ2) is 6.32. The first-order valence-corrected chi connectivity index (χ1v) is 7.31. The molecule has 20 heavy (non-hydrogen) atoms. The Morgan fingerprint density at radius 2 is 2.25 bits per heavy atom. The average Bonchev–Trinajstić information content (AvgIpc) is 2.97. The summed E-state index contributed by atoms with van der Waals surface area (Å²) in [6.45, 7) is 2.18. The predicted octanol–water partition coefficient (Wildman–Crippen LogP) is 1.58. The number of hydrogen-bond acceptors (Lipinski definition) is 5. The number of carbonyl (C=O) groups is 2. The summed E-state index contributed by atoms with van der Waals surface area (Å²) < 4.78 is 5.00. The Morgan fingerprint density at radius 1 is 1.50 bits per heavy atom. The zero-order valence-corrected chi connectivity index (χ0v) is 12.3. The highest BCUT2D eigenvalue weighted by molar-refractivity contribution is 7.13. The number of ether oxygens (including phenoxy) is 1. The van der Waals surface area contributed by atoms with E-state index in [1.807, 2.05) is 0 Å². The van der Waals surface area contributed by atoms with Gasteiger partial charge in [0.25, 0.3) is 5.91 Å². The number of hydrogen-bond donors (Lipinski definition) is 2. The third-order valence-electron chi connectivity index (χ3n) is 3.43. The highest BCUT2D eigenvalue weighted by Crippen LogP contribution is 2.26. The van der Waals surface area contributed by atoms with Crippen LogP contribution >= 0.6 is 11.3 Å². The molecular formula is C13H18N2O4S. The van der Waals surface area contributed by atoms with Crippen molar-refractivity contribution in [2.75, 3.05) is 7.11 Å². The summed E-state index contributed by atoms with van der Waals surface area (Å²) in [6.07, 6.45) is 1.84. The first kappa shape index (κ1) is 14.9. The number of aryl methyl sites for hydroxylation is 1. The molecule has 1 saturated carbocycles. The van der Waals surface area contributed by atoms with Gasteiger partial charge in [0.15, 0.2) is 0 Å². The fraction of sp³-hybridized carbons (Fsp3) is 0.615. The zero-order chi connectivity index (χ0) is 14.7. The number of carboxylic acid groups (broad SMARTS) is 1. The van der Waals surface area contributed by atoms with E-state index in [1.165, 1.54) is 11.3 Å². The Kier molecular flexibility index (Phi) is 4.72. The highest BCUT2D eigenvalue weighted by Gasteiger charge is 2.31. The lowest BCUT2D eigenvalue weighted by Crippen LogP contribution is -2.33. The van der Waals surface area contributed by atoms with Crippen molar-refractivity contribution in [3.63, 3.8) is 0 Å². The summed E-state index contributed by atoms with van der Waals surface area (Å²) >= 11 is 1.32. The van der Waals surface area contributed by atoms with Gasteiger partial charge in [-0.15, -0.1) is 11.3 Å². The Morgan fingerprint density at radius 3 is 2.85 bits per heavy atom. The van der Waals surface area contributed by atoms with Crippen LogP contribution in [0.4, 0.5) is 0 Å². The van der Waals surface area contributed by atoms with Gasteiger partial charge in [-0.05, 0) is 26.2 Å². The molecule has 1 aromatic heterocycles. The van der Waals surface area contributed by atoms with Crippen LogP contribution in [0, 0.1) is 12.8 Å². The monoisotopic (exact) mass is 298 g/mol. The molecule has 2 N–H and O–H groups in total. The fourth-order valence-electron chi connectivity index (χ4n) is 2.44. The van der Waals surface area contributed by atoms with E-state index >= 15 is 0 Å². The molecule has 0 radical (unpaired) electrons. The quantitative estimate of drug-likeness (QED) is 0.861. The molecule has 2 atom stereocenters. The summed E-state index contributed by atoms with van der Waals surface area (Å²) in [5.74, 6) is -1.29. The zero-order valence-electron chi connectivity index (χ0n) is 11.5. The molecule has 0 bridgehead atoms. The number of nitrogens with zero attached hydrogens (tertiary/aromatic N) is 1. The van der Waals surface area contributed by atoms with Crippen molar-refractivity contribution in [3.8, 4) is 0 Å². The Balaban J connectivity index is 1.97. The molecule has 2 rings (SSSR count). The standard InChI is InChI=1S/C13H18N2O4S/c1-7-11(20-10(14-7)6-19-2)12(16)15-9-4-3-8(5-9)13(17)18/h8-9H,3-6H2,1-2H3,(H,15,16)(H,17,18)/t8-,9+/m1/s1. The van der Waals surface area contributed by atoms with Crippen LogP contribution in [-0.4, -0.2) is 35.1 Å². The first-order chi connectivity index (χ1) is 9.51. The number of aliphatic carboxylic acids is 1. The van der Waals surface area contributed by atoms with E-state index in [9.17, 15) is 9.59 Å². The molecule has 1 fully saturated rings. The van der Waals surface area contributed by atoms with Crippen molar-refractivity contribution >= 4 is 23.2 Å². The van der Waals surface area contributed by atoms with E-state index in [2.05, 4.69) is 10.3 Å². The fourth-order valence-corrected chi connectivity index (χ4v) is 3.38. The van der Waals surface area contributed by atoms with Gasteiger partial charge in [-0.1, -0.05) is 0 Å². The minimum absolute atomic E-state index is 0.0593. The number of amides is 1. The van der Waals surface area contributed by atoms with Gasteiger partial charge in [0.1, 0.15) is 9.88 Å². The maximum absolute atomic E-state index is 12.2. The third kappa shape index (κ3) is 3.34. The van der Waals surface area contributed by atoms with Gasteiger partial charge in [-0.2, -0.15) is 0 Å². The maximum atomic E-state index is 12.2. The van der Waals surface area contributed by atoms with Crippen molar-refractivity contribution in [2.45, 2.75) is 38.8 Å². The van der Waals surface area contributed by atoms with Crippen LogP contribution in [0.1, 0.15) is 39.6 Å². The molecule has 1 aromatic rings. The number of aromatic nitrogens is 1. The molecule has 1 heterocycles. The molecule has 7 heteroatoms. The Bertz CT molecular complexity index is 514. The molecule has 1 amide bonds. The number of carboxylic acids is 1. The largest absolute Gasteiger partial charge is 0.481 e. The van der Waals surface area contributed by atoms with E-state index in [1.54, 1.807) is 14.0 Å². The second-order valence-corrected chi connectivity index (χ2v) is 6.06. The molecule has 0 unspecified atom stereocenters. The Hall–Kier alpha value is -1.47. The van der Waals surface area contributed by atoms with Gasteiger partial charge in [0, 0.05) is 13.2 Å². The normalized spacial score (nSPS) is 21.9. The minimum Gasteiger partial charge on any atom is -0.481 e. The first-order valence-electron chi connectivity index (χ1n) is 6.50. The van der Waals surface area contributed by atoms with Gasteiger partial charge in [-0.3, -0.25) is 9.59 Å². The molecule has 0 saturated heterocycles. The van der Waals surface area contributed by atoms with Crippen LogP contribution in [0.5, 0.6) is 0 Å². The second-order valence-electron chi connectivity index (χ2n) is 4.97. The van der Waals surface area contributed by atoms with Gasteiger partial charge in [0.05, 0.1) is 18.2 Å². The SMILES string of the molecule is COCc1nc(C)c(C(=O)N[C@H]2CC[C@@H](C(=O)O)C2)s1. The topological polar surface area (TPSA) is 88.5 Å². The summed E-state index contributed by atoms with van der Waals surface area (Å²) in [5, 5.41) is 12.6. The molecule has 1 aliphatic carbocycles. The van der Waals surface area contributed by atoms with Gasteiger partial charge in [-0.25, -0.2) is 4.98 Å². The summed E-state index contributed by atoms with van der Waals surface area (Å²) in [6, 6.07) is -0.0593. The minimum atomic E-state index is -0.780. The molecule has 0 aliphatic heterocycles. The van der Waals surface area contributed by atoms with Gasteiger partial charge >= 0.3 is 5.97 Å². The lowest BCUT2D eigenvalue weighted by Gasteiger charge is -2.11. The summed E-state index contributed by atoms with van der Waals surface area (Å²) in [7, 11) is 1.58. The smallest absolute Gasteiger partial charge is 0.306 e. The van der Waals surface area contributed by atoms with Crippen molar-refractivity contribution in [1.29, 1.82) is 0 Å². The van der Waals surface area contributed by atoms with Crippen molar-refractivity contribution < 1.29 is 19.4 Å². The lowest BCUT2D eigenvalue weighted by molar-refractivity contribution is -0.141. The van der Waals surface area contributed by atoms with Crippen molar-refractivity contribution in [3.05, 3.63) is 15.6 Å². The van der Waals surface area contributed by atoms with Crippen LogP contribution in [0.25, 0.3) is 0 Å². The lowest BCUT2D eigenvalue weighted by atomic mass is 10.1. The number of nitrogens with one attached hydrogen (secondary N) is 1. The highest BCUT2D eigenvalue weighted by atomic mass is 32.1. The van der Waals surface area contributed by atoms with Crippen LogP contribution in [0.3, 0.4) is 0 Å². The van der Waals surface area contributed by atoms with Gasteiger partial charge in [0.2, 0.25) is 0 Å². The number of rotatable bonds is 5. The third-order valence-corrected chi connectivity index (χ3v) is 4.56. The molecule has 1 aliphatic rings. The van der Waals surface area contributed by atoms with Crippen LogP contribution in [-0.2, 0) is 16.1 Å². The van der Waals surface area contributed by atoms with E-state index in [0.717, 1.165) is 5.01 Å². The molecule has 0 spiro atoms. The van der Waals surface area contributed by atoms with E-state index in [4.69, 9.17) is 9.84 Å². The maximum Gasteiger partial charge on any atom is 0.306 e. The van der Waals surface area contributed by atoms with E-state index in [0.29, 0.717) is 36.4 Å². The van der Waals surface area contributed by atoms with Gasteiger partial charge < -0.3 is 15.2 Å². The van der Waals surface area contributed by atoms with Crippen LogP contribution < -0.4 is 5.32 Å². The number of thiazole rings is 1. The summed E-state index contributed by atoms with van der Waals surface area (Å²) in [4.78, 5) is 27.9. The van der Waals surface area contributed by atoms with Crippen molar-refractivity contribution in [1.82, 2.24) is 10.3 Å². The molecule has 0 aromatic carbocycles. The molecule has 110 valence electrons. The Labute approximate surface area is 121 Å². The number of methoxy groups -OCH3 is 1. The van der Waals surface area contributed by atoms with Crippen LogP contribution in [0.2, 0.25) is 0 Å². The summed E-state index contributed by atoms with van der Waals surface area (Å²) in [5.41, 5.74) is 0.687. The van der Waals surface area contributed by atoms with Crippen LogP contribution in [0.15, 0.2) is 0 Å².